The van der Waals surface area contributed by atoms with Crippen LogP contribution in [-0.2, 0) is 4.79 Å². The van der Waals surface area contributed by atoms with Gasteiger partial charge in [-0.1, -0.05) is 43.7 Å². The maximum atomic E-state index is 12.0. The van der Waals surface area contributed by atoms with Gasteiger partial charge in [0.1, 0.15) is 10.7 Å². The van der Waals surface area contributed by atoms with E-state index in [1.54, 1.807) is 5.38 Å². The number of aromatic nitrogens is 1. The molecule has 0 aliphatic rings. The molecule has 0 radical (unpaired) electrons. The monoisotopic (exact) mass is 331 g/mol. The van der Waals surface area contributed by atoms with E-state index in [2.05, 4.69) is 15.6 Å². The van der Waals surface area contributed by atoms with Gasteiger partial charge in [-0.2, -0.15) is 0 Å². The molecule has 0 aliphatic carbocycles. The second-order valence-corrected chi connectivity index (χ2v) is 6.46. The van der Waals surface area contributed by atoms with Crippen LogP contribution in [0.2, 0.25) is 0 Å². The van der Waals surface area contributed by atoms with E-state index in [-0.39, 0.29) is 17.7 Å². The molecule has 0 saturated heterocycles. The molecule has 1 aromatic carbocycles. The lowest BCUT2D eigenvalue weighted by atomic mass is 10.2. The Balaban J connectivity index is 1.86. The molecule has 0 atom stereocenters. The number of carbonyl (C=O) groups excluding carboxylic acids is 2. The lowest BCUT2D eigenvalue weighted by Crippen LogP contribution is -2.36. The molecule has 122 valence electrons. The number of rotatable bonds is 6. The van der Waals surface area contributed by atoms with Gasteiger partial charge in [0.2, 0.25) is 5.91 Å². The maximum absolute atomic E-state index is 12.0. The molecule has 0 saturated carbocycles. The summed E-state index contributed by atoms with van der Waals surface area (Å²) in [4.78, 5) is 27.8. The molecule has 6 heteroatoms. The van der Waals surface area contributed by atoms with Crippen molar-refractivity contribution in [2.45, 2.75) is 20.8 Å². The molecule has 2 aromatic rings. The molecular weight excluding hydrogens is 310 g/mol. The van der Waals surface area contributed by atoms with Crippen molar-refractivity contribution >= 4 is 23.2 Å². The summed E-state index contributed by atoms with van der Waals surface area (Å²) >= 11 is 1.44. The van der Waals surface area contributed by atoms with Crippen LogP contribution >= 0.6 is 11.3 Å². The minimum absolute atomic E-state index is 0.0189. The second-order valence-electron chi connectivity index (χ2n) is 5.61. The van der Waals surface area contributed by atoms with Crippen LogP contribution in [0.4, 0.5) is 0 Å². The van der Waals surface area contributed by atoms with E-state index >= 15 is 0 Å². The van der Waals surface area contributed by atoms with E-state index in [1.165, 1.54) is 16.9 Å². The first-order valence-corrected chi connectivity index (χ1v) is 8.44. The number of benzene rings is 1. The number of aryl methyl sites for hydroxylation is 1. The quantitative estimate of drug-likeness (QED) is 0.799. The van der Waals surface area contributed by atoms with Gasteiger partial charge in [0, 0.05) is 30.0 Å². The van der Waals surface area contributed by atoms with Crippen molar-refractivity contribution in [1.82, 2.24) is 15.6 Å². The van der Waals surface area contributed by atoms with Crippen molar-refractivity contribution < 1.29 is 9.59 Å². The molecular formula is C17H21N3O2S. The molecule has 2 amide bonds. The van der Waals surface area contributed by atoms with Crippen LogP contribution in [0.1, 0.15) is 29.9 Å². The Hall–Kier alpha value is -2.21. The molecule has 0 aliphatic heterocycles. The summed E-state index contributed by atoms with van der Waals surface area (Å²) in [5.74, 6) is -0.297. The highest BCUT2D eigenvalue weighted by Gasteiger charge is 2.12. The standard InChI is InChI=1S/C17H21N3O2S/c1-11(2)15(21)18-8-9-19-16(22)14-10-23-17(20-14)13-6-4-12(3)5-7-13/h4-7,10-11H,8-9H2,1-3H3,(H,18,21)(H,19,22). The van der Waals surface area contributed by atoms with Crippen LogP contribution < -0.4 is 10.6 Å². The van der Waals surface area contributed by atoms with Gasteiger partial charge in [0.15, 0.2) is 0 Å². The number of carbonyl (C=O) groups is 2. The Morgan fingerprint density at radius 3 is 2.43 bits per heavy atom. The predicted octanol–water partition coefficient (Wildman–Crippen LogP) is 2.62. The fourth-order valence-electron chi connectivity index (χ4n) is 1.86. The predicted molar refractivity (Wildman–Crippen MR) is 92.5 cm³/mol. The molecule has 0 bridgehead atoms. The topological polar surface area (TPSA) is 71.1 Å². The van der Waals surface area contributed by atoms with Gasteiger partial charge in [-0.25, -0.2) is 4.98 Å². The van der Waals surface area contributed by atoms with Gasteiger partial charge in [-0.15, -0.1) is 11.3 Å². The number of nitrogens with one attached hydrogen (secondary N) is 2. The van der Waals surface area contributed by atoms with E-state index in [0.717, 1.165) is 10.6 Å². The summed E-state index contributed by atoms with van der Waals surface area (Å²) in [7, 11) is 0. The molecule has 1 heterocycles. The molecule has 0 unspecified atom stereocenters. The lowest BCUT2D eigenvalue weighted by molar-refractivity contribution is -0.123. The van der Waals surface area contributed by atoms with E-state index in [9.17, 15) is 9.59 Å². The van der Waals surface area contributed by atoms with Gasteiger partial charge in [0.05, 0.1) is 0 Å². The van der Waals surface area contributed by atoms with Crippen LogP contribution in [0.3, 0.4) is 0 Å². The molecule has 2 N–H and O–H groups in total. The van der Waals surface area contributed by atoms with E-state index in [4.69, 9.17) is 0 Å². The fourth-order valence-corrected chi connectivity index (χ4v) is 2.67. The summed E-state index contributed by atoms with van der Waals surface area (Å²) in [6, 6.07) is 8.04. The SMILES string of the molecule is Cc1ccc(-c2nc(C(=O)NCCNC(=O)C(C)C)cs2)cc1. The van der Waals surface area contributed by atoms with Crippen molar-refractivity contribution in [2.75, 3.05) is 13.1 Å². The van der Waals surface area contributed by atoms with E-state index in [1.807, 2.05) is 45.0 Å². The molecule has 1 aromatic heterocycles. The maximum Gasteiger partial charge on any atom is 0.270 e. The number of thiazole rings is 1. The first kappa shape index (κ1) is 17.1. The van der Waals surface area contributed by atoms with E-state index < -0.39 is 0 Å². The number of nitrogens with zero attached hydrogens (tertiary/aromatic N) is 1. The Morgan fingerprint density at radius 2 is 1.78 bits per heavy atom. The zero-order valence-corrected chi connectivity index (χ0v) is 14.4. The average Bonchev–Trinajstić information content (AvgIpc) is 3.01. The minimum Gasteiger partial charge on any atom is -0.354 e. The second kappa shape index (κ2) is 7.87. The zero-order chi connectivity index (χ0) is 16.8. The number of amides is 2. The van der Waals surface area contributed by atoms with Crippen molar-refractivity contribution in [1.29, 1.82) is 0 Å². The van der Waals surface area contributed by atoms with Crippen molar-refractivity contribution in [3.8, 4) is 10.6 Å². The van der Waals surface area contributed by atoms with Gasteiger partial charge in [-0.05, 0) is 6.92 Å². The molecule has 23 heavy (non-hydrogen) atoms. The van der Waals surface area contributed by atoms with Gasteiger partial charge >= 0.3 is 0 Å². The highest BCUT2D eigenvalue weighted by atomic mass is 32.1. The minimum atomic E-state index is -0.224. The molecule has 2 rings (SSSR count). The van der Waals surface area contributed by atoms with Crippen molar-refractivity contribution in [3.63, 3.8) is 0 Å². The Bertz CT molecular complexity index is 677. The highest BCUT2D eigenvalue weighted by molar-refractivity contribution is 7.13. The van der Waals surface area contributed by atoms with Crippen LogP contribution in [0.25, 0.3) is 10.6 Å². The lowest BCUT2D eigenvalue weighted by Gasteiger charge is -2.07. The van der Waals surface area contributed by atoms with Crippen LogP contribution in [0.15, 0.2) is 29.6 Å². The van der Waals surface area contributed by atoms with Crippen LogP contribution in [0, 0.1) is 12.8 Å². The first-order valence-electron chi connectivity index (χ1n) is 7.56. The largest absolute Gasteiger partial charge is 0.354 e. The average molecular weight is 331 g/mol. The zero-order valence-electron chi connectivity index (χ0n) is 13.6. The third-order valence-corrected chi connectivity index (χ3v) is 4.16. The summed E-state index contributed by atoms with van der Waals surface area (Å²) < 4.78 is 0. The third-order valence-electron chi connectivity index (χ3n) is 3.27. The van der Waals surface area contributed by atoms with Gasteiger partial charge in [-0.3, -0.25) is 9.59 Å². The Morgan fingerprint density at radius 1 is 1.13 bits per heavy atom. The smallest absolute Gasteiger partial charge is 0.270 e. The van der Waals surface area contributed by atoms with Gasteiger partial charge < -0.3 is 10.6 Å². The number of hydrogen-bond donors (Lipinski definition) is 2. The Kier molecular flexibility index (Phi) is 5.87. The summed E-state index contributed by atoms with van der Waals surface area (Å²) in [5.41, 5.74) is 2.59. The normalized spacial score (nSPS) is 10.6. The van der Waals surface area contributed by atoms with Gasteiger partial charge in [0.25, 0.3) is 5.91 Å². The molecule has 0 spiro atoms. The molecule has 0 fully saturated rings. The van der Waals surface area contributed by atoms with Crippen molar-refractivity contribution in [3.05, 3.63) is 40.9 Å². The number of hydrogen-bond acceptors (Lipinski definition) is 4. The highest BCUT2D eigenvalue weighted by Crippen LogP contribution is 2.23. The third kappa shape index (κ3) is 4.89. The van der Waals surface area contributed by atoms with E-state index in [0.29, 0.717) is 18.8 Å². The van der Waals surface area contributed by atoms with Crippen molar-refractivity contribution in [2.24, 2.45) is 5.92 Å². The summed E-state index contributed by atoms with van der Waals surface area (Å²) in [5, 5.41) is 8.08. The van der Waals surface area contributed by atoms with Crippen LogP contribution in [0.5, 0.6) is 0 Å². The summed E-state index contributed by atoms with van der Waals surface area (Å²) in [6.45, 7) is 6.49. The Labute approximate surface area is 140 Å². The fraction of sp³-hybridized carbons (Fsp3) is 0.353. The summed E-state index contributed by atoms with van der Waals surface area (Å²) in [6.07, 6.45) is 0. The first-order chi connectivity index (χ1) is 11.0. The van der Waals surface area contributed by atoms with Crippen LogP contribution in [-0.4, -0.2) is 29.9 Å². The molecule has 5 nitrogen and oxygen atoms in total.